The summed E-state index contributed by atoms with van der Waals surface area (Å²) in [4.78, 5) is 14.5. The number of para-hydroxylation sites is 1. The average molecular weight is 385 g/mol. The number of halogens is 1. The predicted octanol–water partition coefficient (Wildman–Crippen LogP) is 4.80. The molecule has 2 rings (SSSR count). The van der Waals surface area contributed by atoms with E-state index in [9.17, 15) is 4.79 Å². The van der Waals surface area contributed by atoms with Crippen molar-refractivity contribution < 1.29 is 4.79 Å². The Kier molecular flexibility index (Phi) is 5.39. The molecule has 2 aromatic rings. The van der Waals surface area contributed by atoms with E-state index in [2.05, 4.69) is 29.5 Å². The Morgan fingerprint density at radius 1 is 1.32 bits per heavy atom. The van der Waals surface area contributed by atoms with E-state index >= 15 is 0 Å². The van der Waals surface area contributed by atoms with Crippen molar-refractivity contribution in [2.45, 2.75) is 19.8 Å². The summed E-state index contributed by atoms with van der Waals surface area (Å²) in [6.07, 6.45) is 2.10. The minimum Gasteiger partial charge on any atom is -0.308 e. The molecule has 1 aromatic carbocycles. The number of carbonyl (C=O) groups is 1. The smallest absolute Gasteiger partial charge is 0.259 e. The van der Waals surface area contributed by atoms with Gasteiger partial charge in [-0.05, 0) is 47.2 Å². The second-order valence-corrected chi connectivity index (χ2v) is 7.09. The van der Waals surface area contributed by atoms with Gasteiger partial charge in [0.15, 0.2) is 0 Å². The van der Waals surface area contributed by atoms with Gasteiger partial charge in [0.1, 0.15) is 0 Å². The molecular weight excluding hydrogens is 369 g/mol. The van der Waals surface area contributed by atoms with E-state index in [0.29, 0.717) is 0 Å². The van der Waals surface area contributed by atoms with Gasteiger partial charge in [-0.3, -0.25) is 4.79 Å². The molecule has 0 aliphatic rings. The van der Waals surface area contributed by atoms with Crippen molar-refractivity contribution in [3.05, 3.63) is 50.2 Å². The highest BCUT2D eigenvalue weighted by Gasteiger charge is 2.18. The summed E-state index contributed by atoms with van der Waals surface area (Å²) in [6, 6.07) is 11.8. The molecule has 1 amide bonds. The second kappa shape index (κ2) is 7.05. The van der Waals surface area contributed by atoms with Crippen molar-refractivity contribution in [1.29, 1.82) is 0 Å². The van der Waals surface area contributed by atoms with E-state index in [-0.39, 0.29) is 5.91 Å². The number of rotatable bonds is 5. The summed E-state index contributed by atoms with van der Waals surface area (Å²) in [7, 11) is 0. The quantitative estimate of drug-likeness (QED) is 0.678. The van der Waals surface area contributed by atoms with Crippen LogP contribution in [0.25, 0.3) is 0 Å². The van der Waals surface area contributed by atoms with Crippen molar-refractivity contribution in [2.75, 3.05) is 11.4 Å². The van der Waals surface area contributed by atoms with Crippen molar-refractivity contribution >= 4 is 45.5 Å². The number of thiophene rings is 1. The van der Waals surface area contributed by atoms with E-state index in [1.807, 2.05) is 46.7 Å². The lowest BCUT2D eigenvalue weighted by molar-refractivity contribution is 0.0987. The number of benzene rings is 1. The molecule has 0 bridgehead atoms. The van der Waals surface area contributed by atoms with Crippen LogP contribution in [0, 0.1) is 2.88 Å². The van der Waals surface area contributed by atoms with Gasteiger partial charge < -0.3 is 4.90 Å². The van der Waals surface area contributed by atoms with Crippen LogP contribution < -0.4 is 4.90 Å². The molecule has 0 spiro atoms. The number of nitrogens with zero attached hydrogens (tertiary/aromatic N) is 1. The van der Waals surface area contributed by atoms with Gasteiger partial charge in [-0.25, -0.2) is 0 Å². The third kappa shape index (κ3) is 3.79. The van der Waals surface area contributed by atoms with Crippen LogP contribution in [-0.4, -0.2) is 12.5 Å². The number of hydrogen-bond donors (Lipinski definition) is 0. The van der Waals surface area contributed by atoms with Crippen molar-refractivity contribution in [3.8, 4) is 0 Å². The molecule has 100 valence electrons. The molecule has 0 atom stereocenters. The summed E-state index contributed by atoms with van der Waals surface area (Å²) >= 11 is 3.86. The number of amides is 1. The average Bonchev–Trinajstić information content (AvgIpc) is 2.87. The molecule has 0 unspecified atom stereocenters. The molecule has 0 fully saturated rings. The normalized spacial score (nSPS) is 10.4. The molecule has 0 radical (unpaired) electrons. The predicted molar refractivity (Wildman–Crippen MR) is 90.1 cm³/mol. The van der Waals surface area contributed by atoms with Crippen LogP contribution in [0.5, 0.6) is 0 Å². The highest BCUT2D eigenvalue weighted by atomic mass is 127. The maximum atomic E-state index is 12.6. The van der Waals surface area contributed by atoms with Gasteiger partial charge >= 0.3 is 0 Å². The van der Waals surface area contributed by atoms with Crippen LogP contribution in [0.3, 0.4) is 0 Å². The Balaban J connectivity index is 2.25. The molecule has 4 heteroatoms. The van der Waals surface area contributed by atoms with Gasteiger partial charge in [-0.1, -0.05) is 31.5 Å². The lowest BCUT2D eigenvalue weighted by Crippen LogP contribution is -2.31. The maximum absolute atomic E-state index is 12.6. The molecule has 0 saturated heterocycles. The van der Waals surface area contributed by atoms with Gasteiger partial charge in [0.25, 0.3) is 5.91 Å². The van der Waals surface area contributed by atoms with E-state index in [0.717, 1.165) is 33.5 Å². The molecule has 1 aromatic heterocycles. The topological polar surface area (TPSA) is 20.3 Å². The largest absolute Gasteiger partial charge is 0.308 e. The Hall–Kier alpha value is -0.880. The fraction of sp³-hybridized carbons (Fsp3) is 0.267. The highest BCUT2D eigenvalue weighted by molar-refractivity contribution is 14.1. The second-order valence-electron chi connectivity index (χ2n) is 4.29. The Bertz CT molecular complexity index is 538. The van der Waals surface area contributed by atoms with E-state index < -0.39 is 0 Å². The molecule has 0 aliphatic carbocycles. The zero-order valence-corrected chi connectivity index (χ0v) is 13.8. The highest BCUT2D eigenvalue weighted by Crippen LogP contribution is 2.22. The van der Waals surface area contributed by atoms with Gasteiger partial charge in [0, 0.05) is 17.6 Å². The third-order valence-corrected chi connectivity index (χ3v) is 4.65. The van der Waals surface area contributed by atoms with E-state index in [4.69, 9.17) is 0 Å². The molecule has 0 aliphatic heterocycles. The first-order valence-corrected chi connectivity index (χ1v) is 8.29. The van der Waals surface area contributed by atoms with Crippen LogP contribution in [0.15, 0.2) is 41.8 Å². The Labute approximate surface area is 131 Å². The lowest BCUT2D eigenvalue weighted by Gasteiger charge is -2.22. The third-order valence-electron chi connectivity index (χ3n) is 2.86. The molecule has 19 heavy (non-hydrogen) atoms. The van der Waals surface area contributed by atoms with E-state index in [1.54, 1.807) is 11.3 Å². The number of hydrogen-bond acceptors (Lipinski definition) is 2. The minimum atomic E-state index is 0.0961. The summed E-state index contributed by atoms with van der Waals surface area (Å²) in [5.41, 5.74) is 1.76. The monoisotopic (exact) mass is 385 g/mol. The first-order chi connectivity index (χ1) is 9.22. The van der Waals surface area contributed by atoms with Crippen molar-refractivity contribution in [1.82, 2.24) is 0 Å². The Morgan fingerprint density at radius 2 is 2.05 bits per heavy atom. The molecule has 0 saturated carbocycles. The zero-order valence-electron chi connectivity index (χ0n) is 10.8. The zero-order chi connectivity index (χ0) is 13.7. The van der Waals surface area contributed by atoms with Crippen LogP contribution in [0.1, 0.15) is 30.1 Å². The van der Waals surface area contributed by atoms with Crippen molar-refractivity contribution in [3.63, 3.8) is 0 Å². The summed E-state index contributed by atoms with van der Waals surface area (Å²) < 4.78 is 1.14. The van der Waals surface area contributed by atoms with Crippen LogP contribution >= 0.6 is 33.9 Å². The first-order valence-electron chi connectivity index (χ1n) is 6.33. The molecular formula is C15H16INOS. The summed E-state index contributed by atoms with van der Waals surface area (Å²) in [6.45, 7) is 2.91. The molecule has 2 nitrogen and oxygen atoms in total. The molecule has 0 N–H and O–H groups in total. The molecule has 1 heterocycles. The fourth-order valence-electron chi connectivity index (χ4n) is 1.85. The summed E-state index contributed by atoms with van der Waals surface area (Å²) in [5, 5.41) is 1.94. The standard InChI is InChI=1S/C15H16INOS/c1-2-3-9-17(13-7-5-4-6-8-13)15(18)12-10-14(16)19-11-12/h4-8,10-11H,2-3,9H2,1H3. The maximum Gasteiger partial charge on any atom is 0.259 e. The van der Waals surface area contributed by atoms with Crippen LogP contribution in [-0.2, 0) is 0 Å². The minimum absolute atomic E-state index is 0.0961. The van der Waals surface area contributed by atoms with Gasteiger partial charge in [0.2, 0.25) is 0 Å². The summed E-state index contributed by atoms with van der Waals surface area (Å²) in [5.74, 6) is 0.0961. The Morgan fingerprint density at radius 3 is 2.63 bits per heavy atom. The SMILES string of the molecule is CCCCN(C(=O)c1csc(I)c1)c1ccccc1. The van der Waals surface area contributed by atoms with Crippen LogP contribution in [0.2, 0.25) is 0 Å². The first kappa shape index (κ1) is 14.5. The van der Waals surface area contributed by atoms with Gasteiger partial charge in [-0.2, -0.15) is 0 Å². The van der Waals surface area contributed by atoms with Crippen LogP contribution in [0.4, 0.5) is 5.69 Å². The fourth-order valence-corrected chi connectivity index (χ4v) is 3.17. The number of carbonyl (C=O) groups excluding carboxylic acids is 1. The van der Waals surface area contributed by atoms with Gasteiger partial charge in [0.05, 0.1) is 8.45 Å². The number of unbranched alkanes of at least 4 members (excludes halogenated alkanes) is 1. The van der Waals surface area contributed by atoms with Crippen molar-refractivity contribution in [2.24, 2.45) is 0 Å². The lowest BCUT2D eigenvalue weighted by atomic mass is 10.2. The van der Waals surface area contributed by atoms with E-state index in [1.165, 1.54) is 0 Å². The van der Waals surface area contributed by atoms with Gasteiger partial charge in [-0.15, -0.1) is 11.3 Å². The number of anilines is 1.